The Morgan fingerprint density at radius 2 is 1.92 bits per heavy atom. The molecule has 25 heavy (non-hydrogen) atoms. The van der Waals surface area contributed by atoms with E-state index in [0.29, 0.717) is 22.1 Å². The van der Waals surface area contributed by atoms with E-state index in [-0.39, 0.29) is 12.5 Å². The summed E-state index contributed by atoms with van der Waals surface area (Å²) in [7, 11) is 1.59. The maximum Gasteiger partial charge on any atom is 0.339 e. The van der Waals surface area contributed by atoms with Crippen molar-refractivity contribution < 1.29 is 19.1 Å². The van der Waals surface area contributed by atoms with Gasteiger partial charge in [-0.05, 0) is 17.5 Å². The molecule has 0 aliphatic rings. The second-order valence-electron chi connectivity index (χ2n) is 5.26. The summed E-state index contributed by atoms with van der Waals surface area (Å²) in [6.07, 6.45) is 0. The molecule has 1 N–H and O–H groups in total. The van der Waals surface area contributed by atoms with Gasteiger partial charge in [0.25, 0.3) is 0 Å². The maximum atomic E-state index is 12.5. The van der Waals surface area contributed by atoms with Crippen LogP contribution in [0.25, 0.3) is 10.8 Å². The Morgan fingerprint density at radius 1 is 1.16 bits per heavy atom. The van der Waals surface area contributed by atoms with Crippen LogP contribution in [-0.2, 0) is 16.1 Å². The van der Waals surface area contributed by atoms with Gasteiger partial charge in [0.15, 0.2) is 5.13 Å². The summed E-state index contributed by atoms with van der Waals surface area (Å²) in [5.74, 6) is 0.0714. The number of esters is 1. The van der Waals surface area contributed by atoms with E-state index in [4.69, 9.17) is 9.47 Å². The maximum absolute atomic E-state index is 12.5. The lowest BCUT2D eigenvalue weighted by Gasteiger charge is -2.10. The molecule has 6 nitrogen and oxygen atoms in total. The fourth-order valence-corrected chi connectivity index (χ4v) is 3.17. The van der Waals surface area contributed by atoms with Gasteiger partial charge >= 0.3 is 5.97 Å². The van der Waals surface area contributed by atoms with Crippen molar-refractivity contribution in [1.29, 1.82) is 0 Å². The minimum absolute atomic E-state index is 0.0370. The number of nitrogens with one attached hydrogen (secondary N) is 1. The van der Waals surface area contributed by atoms with Crippen molar-refractivity contribution in [3.05, 3.63) is 53.0 Å². The first kappa shape index (κ1) is 16.9. The Morgan fingerprint density at radius 3 is 2.64 bits per heavy atom. The third-order valence-electron chi connectivity index (χ3n) is 3.51. The van der Waals surface area contributed by atoms with E-state index in [2.05, 4.69) is 10.3 Å². The van der Waals surface area contributed by atoms with Crippen LogP contribution in [0.15, 0.2) is 41.8 Å². The van der Waals surface area contributed by atoms with Crippen molar-refractivity contribution in [1.82, 2.24) is 4.98 Å². The number of ether oxygens (including phenoxy) is 2. The SMILES string of the molecule is COc1ccc(C(=O)OCc2csc(NC(C)=O)n2)c2ccccc12. The van der Waals surface area contributed by atoms with Crippen LogP contribution < -0.4 is 10.1 Å². The van der Waals surface area contributed by atoms with Crippen LogP contribution in [0.4, 0.5) is 5.13 Å². The molecule has 3 aromatic rings. The lowest BCUT2D eigenvalue weighted by molar-refractivity contribution is -0.114. The van der Waals surface area contributed by atoms with E-state index in [0.717, 1.165) is 10.8 Å². The molecule has 0 fully saturated rings. The summed E-state index contributed by atoms with van der Waals surface area (Å²) in [5, 5.41) is 6.43. The smallest absolute Gasteiger partial charge is 0.339 e. The molecule has 7 heteroatoms. The Bertz CT molecular complexity index is 936. The van der Waals surface area contributed by atoms with Crippen LogP contribution in [0.1, 0.15) is 23.0 Å². The van der Waals surface area contributed by atoms with E-state index >= 15 is 0 Å². The van der Waals surface area contributed by atoms with Crippen molar-refractivity contribution in [2.75, 3.05) is 12.4 Å². The number of rotatable bonds is 5. The number of anilines is 1. The van der Waals surface area contributed by atoms with Gasteiger partial charge in [0.05, 0.1) is 18.4 Å². The molecule has 0 unspecified atom stereocenters. The molecule has 0 atom stereocenters. The zero-order valence-electron chi connectivity index (χ0n) is 13.7. The molecule has 0 aliphatic heterocycles. The Balaban J connectivity index is 1.77. The molecule has 0 saturated heterocycles. The van der Waals surface area contributed by atoms with Crippen LogP contribution in [-0.4, -0.2) is 24.0 Å². The van der Waals surface area contributed by atoms with Crippen LogP contribution in [0, 0.1) is 0 Å². The first-order chi connectivity index (χ1) is 12.1. The van der Waals surface area contributed by atoms with Crippen LogP contribution >= 0.6 is 11.3 Å². The van der Waals surface area contributed by atoms with Gasteiger partial charge in [-0.25, -0.2) is 9.78 Å². The second kappa shape index (κ2) is 7.31. The first-order valence-electron chi connectivity index (χ1n) is 7.53. The lowest BCUT2D eigenvalue weighted by Crippen LogP contribution is -2.07. The minimum atomic E-state index is -0.437. The third-order valence-corrected chi connectivity index (χ3v) is 4.32. The molecule has 0 radical (unpaired) electrons. The number of aromatic nitrogens is 1. The van der Waals surface area contributed by atoms with Crippen molar-refractivity contribution in [2.45, 2.75) is 13.5 Å². The minimum Gasteiger partial charge on any atom is -0.496 e. The second-order valence-corrected chi connectivity index (χ2v) is 6.12. The van der Waals surface area contributed by atoms with Gasteiger partial charge in [-0.15, -0.1) is 11.3 Å². The molecular weight excluding hydrogens is 340 g/mol. The van der Waals surface area contributed by atoms with Crippen molar-refractivity contribution >= 4 is 39.1 Å². The predicted molar refractivity (Wildman–Crippen MR) is 96.0 cm³/mol. The number of methoxy groups -OCH3 is 1. The fourth-order valence-electron chi connectivity index (χ4n) is 2.43. The molecule has 2 aromatic carbocycles. The topological polar surface area (TPSA) is 77.5 Å². The number of carbonyl (C=O) groups excluding carboxylic acids is 2. The molecule has 1 amide bonds. The number of fused-ring (bicyclic) bond motifs is 1. The van der Waals surface area contributed by atoms with Crippen LogP contribution in [0.3, 0.4) is 0 Å². The van der Waals surface area contributed by atoms with Gasteiger partial charge in [0, 0.05) is 17.7 Å². The number of hydrogen-bond acceptors (Lipinski definition) is 6. The van der Waals surface area contributed by atoms with Crippen molar-refractivity contribution in [3.63, 3.8) is 0 Å². The molecule has 128 valence electrons. The average Bonchev–Trinajstić information content (AvgIpc) is 3.05. The number of nitrogens with zero attached hydrogens (tertiary/aromatic N) is 1. The lowest BCUT2D eigenvalue weighted by atomic mass is 10.0. The molecule has 3 rings (SSSR count). The highest BCUT2D eigenvalue weighted by Gasteiger charge is 2.15. The van der Waals surface area contributed by atoms with E-state index < -0.39 is 5.97 Å². The molecule has 0 bridgehead atoms. The Kier molecular flexibility index (Phi) is 4.95. The highest BCUT2D eigenvalue weighted by molar-refractivity contribution is 7.13. The van der Waals surface area contributed by atoms with E-state index in [1.165, 1.54) is 18.3 Å². The first-order valence-corrected chi connectivity index (χ1v) is 8.41. The van der Waals surface area contributed by atoms with Crippen LogP contribution in [0.5, 0.6) is 5.75 Å². The predicted octanol–water partition coefficient (Wildman–Crippen LogP) is 3.62. The van der Waals surface area contributed by atoms with E-state index in [9.17, 15) is 9.59 Å². The van der Waals surface area contributed by atoms with Gasteiger partial charge in [-0.2, -0.15) is 0 Å². The van der Waals surface area contributed by atoms with Crippen molar-refractivity contribution in [2.24, 2.45) is 0 Å². The molecule has 0 aliphatic carbocycles. The van der Waals surface area contributed by atoms with Crippen LogP contribution in [0.2, 0.25) is 0 Å². The van der Waals surface area contributed by atoms with Crippen molar-refractivity contribution in [3.8, 4) is 5.75 Å². The zero-order valence-corrected chi connectivity index (χ0v) is 14.6. The van der Waals surface area contributed by atoms with E-state index in [1.807, 2.05) is 24.3 Å². The summed E-state index contributed by atoms with van der Waals surface area (Å²) < 4.78 is 10.7. The molecule has 1 aromatic heterocycles. The monoisotopic (exact) mass is 356 g/mol. The number of thiazole rings is 1. The molecule has 0 saturated carbocycles. The normalized spacial score (nSPS) is 10.5. The van der Waals surface area contributed by atoms with Gasteiger partial charge in [0.2, 0.25) is 5.91 Å². The molecule has 0 spiro atoms. The van der Waals surface area contributed by atoms with Gasteiger partial charge in [0.1, 0.15) is 12.4 Å². The van der Waals surface area contributed by atoms with E-state index in [1.54, 1.807) is 24.6 Å². The summed E-state index contributed by atoms with van der Waals surface area (Å²) in [5.41, 5.74) is 1.05. The number of carbonyl (C=O) groups is 2. The van der Waals surface area contributed by atoms with Gasteiger partial charge in [-0.3, -0.25) is 4.79 Å². The zero-order chi connectivity index (χ0) is 17.8. The van der Waals surface area contributed by atoms with Gasteiger partial charge in [-0.1, -0.05) is 24.3 Å². The molecule has 1 heterocycles. The summed E-state index contributed by atoms with van der Waals surface area (Å²) in [6.45, 7) is 1.45. The molecular formula is C18H16N2O4S. The number of benzene rings is 2. The average molecular weight is 356 g/mol. The summed E-state index contributed by atoms with van der Waals surface area (Å²) in [4.78, 5) is 27.7. The number of amides is 1. The number of hydrogen-bond donors (Lipinski definition) is 1. The Labute approximate surface area is 148 Å². The standard InChI is InChI=1S/C18H16N2O4S/c1-11(21)19-18-20-12(10-25-18)9-24-17(22)15-7-8-16(23-2)14-6-4-3-5-13(14)15/h3-8,10H,9H2,1-2H3,(H,19,20,21). The Hall–Kier alpha value is -2.93. The summed E-state index contributed by atoms with van der Waals surface area (Å²) >= 11 is 1.28. The highest BCUT2D eigenvalue weighted by atomic mass is 32.1. The quantitative estimate of drug-likeness (QED) is 0.707. The largest absolute Gasteiger partial charge is 0.496 e. The third kappa shape index (κ3) is 3.77. The fraction of sp³-hybridized carbons (Fsp3) is 0.167. The summed E-state index contributed by atoms with van der Waals surface area (Å²) in [6, 6.07) is 10.9. The van der Waals surface area contributed by atoms with Gasteiger partial charge < -0.3 is 14.8 Å². The highest BCUT2D eigenvalue weighted by Crippen LogP contribution is 2.29.